The lowest BCUT2D eigenvalue weighted by Crippen LogP contribution is -1.98. The number of rotatable bonds is 6. The molecular formula is C18H19NO2. The number of aryl methyl sites for hydroxylation is 1. The van der Waals surface area contributed by atoms with Crippen molar-refractivity contribution in [2.75, 3.05) is 12.4 Å². The monoisotopic (exact) mass is 281 g/mol. The van der Waals surface area contributed by atoms with E-state index < -0.39 is 0 Å². The number of allylic oxidation sites excluding steroid dienone is 1. The van der Waals surface area contributed by atoms with Crippen molar-refractivity contribution in [3.05, 3.63) is 71.9 Å². The lowest BCUT2D eigenvalue weighted by atomic mass is 10.1. The Hall–Kier alpha value is -2.55. The largest absolute Gasteiger partial charge is 0.497 e. The molecule has 3 heteroatoms. The van der Waals surface area contributed by atoms with Crippen LogP contribution in [0.5, 0.6) is 5.75 Å². The van der Waals surface area contributed by atoms with Gasteiger partial charge in [0.15, 0.2) is 5.78 Å². The van der Waals surface area contributed by atoms with Gasteiger partial charge in [-0.3, -0.25) is 4.79 Å². The quantitative estimate of drug-likeness (QED) is 0.641. The number of methoxy groups -OCH3 is 1. The van der Waals surface area contributed by atoms with Gasteiger partial charge in [0.05, 0.1) is 7.11 Å². The zero-order valence-corrected chi connectivity index (χ0v) is 12.3. The number of carbonyl (C=O) groups is 1. The highest BCUT2D eigenvalue weighted by molar-refractivity contribution is 6.04. The molecule has 0 heterocycles. The second kappa shape index (κ2) is 7.29. The molecule has 0 radical (unpaired) electrons. The van der Waals surface area contributed by atoms with Crippen LogP contribution in [0.25, 0.3) is 0 Å². The number of nitrogens with one attached hydrogen (secondary N) is 1. The van der Waals surface area contributed by atoms with E-state index in [1.807, 2.05) is 18.2 Å². The van der Waals surface area contributed by atoms with Crippen LogP contribution in [0.4, 0.5) is 5.69 Å². The highest BCUT2D eigenvalue weighted by Crippen LogP contribution is 2.15. The van der Waals surface area contributed by atoms with E-state index in [1.165, 1.54) is 11.6 Å². The first-order valence-corrected chi connectivity index (χ1v) is 6.94. The molecule has 0 fully saturated rings. The van der Waals surface area contributed by atoms with Gasteiger partial charge in [-0.05, 0) is 42.3 Å². The number of carbonyl (C=O) groups excluding carboxylic acids is 1. The Bertz CT molecular complexity index is 630. The Morgan fingerprint density at radius 2 is 1.86 bits per heavy atom. The van der Waals surface area contributed by atoms with Gasteiger partial charge in [0, 0.05) is 23.5 Å². The number of ether oxygens (including phenoxy) is 1. The number of anilines is 1. The summed E-state index contributed by atoms with van der Waals surface area (Å²) in [5, 5.41) is 3.16. The molecule has 0 aliphatic rings. The predicted octanol–water partition coefficient (Wildman–Crippen LogP) is 4.07. The third-order valence-electron chi connectivity index (χ3n) is 3.25. The minimum absolute atomic E-state index is 0.0425. The second-order valence-corrected chi connectivity index (χ2v) is 4.58. The predicted molar refractivity (Wildman–Crippen MR) is 85.9 cm³/mol. The van der Waals surface area contributed by atoms with Gasteiger partial charge in [0.2, 0.25) is 0 Å². The van der Waals surface area contributed by atoms with E-state index in [4.69, 9.17) is 4.74 Å². The average molecular weight is 281 g/mol. The standard InChI is InChI=1S/C18H19NO2/c1-3-14-6-4-5-7-17(14)19-13-12-18(20)15-8-10-16(21-2)11-9-15/h4-13,19H,3H2,1-2H3. The summed E-state index contributed by atoms with van der Waals surface area (Å²) in [6, 6.07) is 15.1. The Morgan fingerprint density at radius 3 is 2.52 bits per heavy atom. The normalized spacial score (nSPS) is 10.6. The average Bonchev–Trinajstić information content (AvgIpc) is 2.55. The van der Waals surface area contributed by atoms with E-state index in [0.717, 1.165) is 17.9 Å². The molecule has 0 aliphatic carbocycles. The third kappa shape index (κ3) is 3.96. The summed E-state index contributed by atoms with van der Waals surface area (Å²) in [7, 11) is 1.60. The first kappa shape index (κ1) is 14.9. The molecule has 0 unspecified atom stereocenters. The van der Waals surface area contributed by atoms with E-state index in [9.17, 15) is 4.79 Å². The minimum atomic E-state index is -0.0425. The van der Waals surface area contributed by atoms with Crippen LogP contribution in [0.15, 0.2) is 60.8 Å². The zero-order valence-electron chi connectivity index (χ0n) is 12.3. The van der Waals surface area contributed by atoms with E-state index in [-0.39, 0.29) is 5.78 Å². The molecule has 0 atom stereocenters. The summed E-state index contributed by atoms with van der Waals surface area (Å²) in [5.41, 5.74) is 2.88. The summed E-state index contributed by atoms with van der Waals surface area (Å²) in [4.78, 5) is 12.0. The molecular weight excluding hydrogens is 262 g/mol. The second-order valence-electron chi connectivity index (χ2n) is 4.58. The summed E-state index contributed by atoms with van der Waals surface area (Å²) in [5.74, 6) is 0.699. The lowest BCUT2D eigenvalue weighted by Gasteiger charge is -2.06. The number of para-hydroxylation sites is 1. The van der Waals surface area contributed by atoms with Gasteiger partial charge in [-0.25, -0.2) is 0 Å². The molecule has 0 amide bonds. The van der Waals surface area contributed by atoms with Crippen LogP contribution in [0, 0.1) is 0 Å². The number of hydrogen-bond donors (Lipinski definition) is 1. The Balaban J connectivity index is 2.01. The maximum Gasteiger partial charge on any atom is 0.187 e. The van der Waals surface area contributed by atoms with Gasteiger partial charge in [0.25, 0.3) is 0 Å². The van der Waals surface area contributed by atoms with Gasteiger partial charge in [0.1, 0.15) is 5.75 Å². The molecule has 2 aromatic rings. The molecule has 0 saturated heterocycles. The summed E-state index contributed by atoms with van der Waals surface area (Å²) >= 11 is 0. The van der Waals surface area contributed by atoms with Crippen LogP contribution < -0.4 is 10.1 Å². The molecule has 0 saturated carbocycles. The zero-order chi connectivity index (χ0) is 15.1. The molecule has 108 valence electrons. The molecule has 3 nitrogen and oxygen atoms in total. The van der Waals surface area contributed by atoms with Crippen molar-refractivity contribution in [2.24, 2.45) is 0 Å². The minimum Gasteiger partial charge on any atom is -0.497 e. The van der Waals surface area contributed by atoms with Crippen LogP contribution in [-0.2, 0) is 6.42 Å². The van der Waals surface area contributed by atoms with Crippen LogP contribution in [0.1, 0.15) is 22.8 Å². The molecule has 0 aliphatic heterocycles. The smallest absolute Gasteiger partial charge is 0.187 e. The molecule has 0 aromatic heterocycles. The first-order chi connectivity index (χ1) is 10.2. The number of ketones is 1. The van der Waals surface area contributed by atoms with Crippen LogP contribution in [0.3, 0.4) is 0 Å². The van der Waals surface area contributed by atoms with E-state index >= 15 is 0 Å². The van der Waals surface area contributed by atoms with E-state index in [0.29, 0.717) is 5.56 Å². The lowest BCUT2D eigenvalue weighted by molar-refractivity contribution is 0.104. The molecule has 1 N–H and O–H groups in total. The van der Waals surface area contributed by atoms with Gasteiger partial charge in [-0.15, -0.1) is 0 Å². The van der Waals surface area contributed by atoms with Crippen molar-refractivity contribution < 1.29 is 9.53 Å². The molecule has 0 bridgehead atoms. The van der Waals surface area contributed by atoms with Gasteiger partial charge >= 0.3 is 0 Å². The summed E-state index contributed by atoms with van der Waals surface area (Å²) in [6.45, 7) is 2.10. The first-order valence-electron chi connectivity index (χ1n) is 6.94. The SMILES string of the molecule is CCc1ccccc1NC=CC(=O)c1ccc(OC)cc1. The summed E-state index contributed by atoms with van der Waals surface area (Å²) < 4.78 is 5.07. The topological polar surface area (TPSA) is 38.3 Å². The number of benzene rings is 2. The Morgan fingerprint density at radius 1 is 1.14 bits per heavy atom. The van der Waals surface area contributed by atoms with Crippen molar-refractivity contribution >= 4 is 11.5 Å². The third-order valence-corrected chi connectivity index (χ3v) is 3.25. The van der Waals surface area contributed by atoms with Crippen molar-refractivity contribution in [1.82, 2.24) is 0 Å². The van der Waals surface area contributed by atoms with Crippen molar-refractivity contribution in [1.29, 1.82) is 0 Å². The maximum atomic E-state index is 12.0. The highest BCUT2D eigenvalue weighted by Gasteiger charge is 2.02. The molecule has 0 spiro atoms. The van der Waals surface area contributed by atoms with Gasteiger partial charge < -0.3 is 10.1 Å². The maximum absolute atomic E-state index is 12.0. The van der Waals surface area contributed by atoms with Crippen LogP contribution >= 0.6 is 0 Å². The van der Waals surface area contributed by atoms with Crippen molar-refractivity contribution in [3.63, 3.8) is 0 Å². The highest BCUT2D eigenvalue weighted by atomic mass is 16.5. The van der Waals surface area contributed by atoms with E-state index in [1.54, 1.807) is 37.6 Å². The van der Waals surface area contributed by atoms with E-state index in [2.05, 4.69) is 18.3 Å². The summed E-state index contributed by atoms with van der Waals surface area (Å²) in [6.07, 6.45) is 4.17. The Kier molecular flexibility index (Phi) is 5.16. The molecule has 2 aromatic carbocycles. The van der Waals surface area contributed by atoms with Crippen molar-refractivity contribution in [3.8, 4) is 5.75 Å². The fourth-order valence-corrected chi connectivity index (χ4v) is 2.03. The Labute approximate surface area is 125 Å². The van der Waals surface area contributed by atoms with Crippen LogP contribution in [-0.4, -0.2) is 12.9 Å². The fraction of sp³-hybridized carbons (Fsp3) is 0.167. The van der Waals surface area contributed by atoms with Crippen LogP contribution in [0.2, 0.25) is 0 Å². The molecule has 2 rings (SSSR count). The fourth-order valence-electron chi connectivity index (χ4n) is 2.03. The number of hydrogen-bond acceptors (Lipinski definition) is 3. The van der Waals surface area contributed by atoms with Crippen molar-refractivity contribution in [2.45, 2.75) is 13.3 Å². The van der Waals surface area contributed by atoms with Gasteiger partial charge in [-0.1, -0.05) is 25.1 Å². The van der Waals surface area contributed by atoms with Gasteiger partial charge in [-0.2, -0.15) is 0 Å². The molecule has 21 heavy (non-hydrogen) atoms.